The van der Waals surface area contributed by atoms with Crippen molar-refractivity contribution in [2.45, 2.75) is 39.2 Å². The van der Waals surface area contributed by atoms with Crippen LogP contribution in [-0.2, 0) is 21.4 Å². The van der Waals surface area contributed by atoms with E-state index in [0.717, 1.165) is 18.6 Å². The summed E-state index contributed by atoms with van der Waals surface area (Å²) in [5.41, 5.74) is -0.153. The SMILES string of the molecule is CCCS(=O)(=O)N1CCC2(CCCN(Cc3ccc(F)c(F)c3)C2=O)C1. The second-order valence-electron chi connectivity index (χ2n) is 7.26. The minimum atomic E-state index is -3.32. The van der Waals surface area contributed by atoms with Gasteiger partial charge < -0.3 is 4.90 Å². The highest BCUT2D eigenvalue weighted by atomic mass is 32.2. The molecule has 2 aliphatic rings. The van der Waals surface area contributed by atoms with Gasteiger partial charge in [0.05, 0.1) is 11.2 Å². The molecule has 1 aromatic rings. The minimum Gasteiger partial charge on any atom is -0.338 e. The Bertz CT molecular complexity index is 800. The Balaban J connectivity index is 1.74. The molecule has 144 valence electrons. The number of halogens is 2. The Hall–Kier alpha value is -1.54. The van der Waals surface area contributed by atoms with Gasteiger partial charge in [-0.05, 0) is 43.4 Å². The van der Waals surface area contributed by atoms with E-state index in [1.165, 1.54) is 10.4 Å². The molecule has 1 amide bonds. The summed E-state index contributed by atoms with van der Waals surface area (Å²) in [7, 11) is -3.32. The zero-order valence-electron chi connectivity index (χ0n) is 14.9. The van der Waals surface area contributed by atoms with Crippen molar-refractivity contribution in [3.05, 3.63) is 35.4 Å². The molecule has 5 nitrogen and oxygen atoms in total. The van der Waals surface area contributed by atoms with Gasteiger partial charge in [-0.2, -0.15) is 0 Å². The van der Waals surface area contributed by atoms with E-state index in [1.54, 1.807) is 4.90 Å². The van der Waals surface area contributed by atoms with Gasteiger partial charge in [-0.1, -0.05) is 13.0 Å². The van der Waals surface area contributed by atoms with Crippen molar-refractivity contribution >= 4 is 15.9 Å². The van der Waals surface area contributed by atoms with Crippen LogP contribution < -0.4 is 0 Å². The number of hydrogen-bond acceptors (Lipinski definition) is 3. The van der Waals surface area contributed by atoms with E-state index in [0.29, 0.717) is 37.9 Å². The normalized spacial score (nSPS) is 24.6. The summed E-state index contributed by atoms with van der Waals surface area (Å²) in [5, 5.41) is 0. The molecular formula is C18H24F2N2O3S. The zero-order valence-corrected chi connectivity index (χ0v) is 15.7. The molecule has 1 unspecified atom stereocenters. The fraction of sp³-hybridized carbons (Fsp3) is 0.611. The van der Waals surface area contributed by atoms with Gasteiger partial charge in [-0.25, -0.2) is 21.5 Å². The van der Waals surface area contributed by atoms with Crippen LogP contribution in [0.2, 0.25) is 0 Å². The van der Waals surface area contributed by atoms with E-state index in [1.807, 2.05) is 6.92 Å². The molecule has 1 aromatic carbocycles. The molecule has 26 heavy (non-hydrogen) atoms. The molecule has 0 radical (unpaired) electrons. The first-order valence-corrected chi connectivity index (χ1v) is 10.6. The number of carbonyl (C=O) groups is 1. The van der Waals surface area contributed by atoms with Crippen LogP contribution in [0.4, 0.5) is 8.78 Å². The molecule has 0 aromatic heterocycles. The summed E-state index contributed by atoms with van der Waals surface area (Å²) in [5.74, 6) is -1.83. The Morgan fingerprint density at radius 3 is 2.62 bits per heavy atom. The molecule has 0 bridgehead atoms. The van der Waals surface area contributed by atoms with Gasteiger partial charge in [0.1, 0.15) is 0 Å². The summed E-state index contributed by atoms with van der Waals surface area (Å²) < 4.78 is 52.6. The predicted molar refractivity (Wildman–Crippen MR) is 93.7 cm³/mol. The van der Waals surface area contributed by atoms with Gasteiger partial charge in [0, 0.05) is 26.2 Å². The molecule has 0 saturated carbocycles. The third-order valence-corrected chi connectivity index (χ3v) is 7.38. The second kappa shape index (κ2) is 7.23. The topological polar surface area (TPSA) is 57.7 Å². The van der Waals surface area contributed by atoms with Crippen molar-refractivity contribution in [2.24, 2.45) is 5.41 Å². The predicted octanol–water partition coefficient (Wildman–Crippen LogP) is 2.52. The summed E-state index contributed by atoms with van der Waals surface area (Å²) >= 11 is 0. The minimum absolute atomic E-state index is 0.0809. The molecule has 1 atom stereocenters. The Morgan fingerprint density at radius 1 is 1.15 bits per heavy atom. The fourth-order valence-corrected chi connectivity index (χ4v) is 5.59. The number of carbonyl (C=O) groups excluding carboxylic acids is 1. The van der Waals surface area contributed by atoms with Crippen LogP contribution in [0.1, 0.15) is 38.2 Å². The van der Waals surface area contributed by atoms with E-state index in [-0.39, 0.29) is 24.7 Å². The Kier molecular flexibility index (Phi) is 5.35. The Morgan fingerprint density at radius 2 is 1.92 bits per heavy atom. The van der Waals surface area contributed by atoms with Crippen LogP contribution in [0.25, 0.3) is 0 Å². The Labute approximate surface area is 153 Å². The largest absolute Gasteiger partial charge is 0.338 e. The lowest BCUT2D eigenvalue weighted by Gasteiger charge is -2.39. The monoisotopic (exact) mass is 386 g/mol. The standard InChI is InChI=1S/C18H24F2N2O3S/c1-2-10-26(24,25)22-9-7-18(13-22)6-3-8-21(17(18)23)12-14-4-5-15(19)16(20)11-14/h4-5,11H,2-3,6-10,12-13H2,1H3. The lowest BCUT2D eigenvalue weighted by molar-refractivity contribution is -0.146. The van der Waals surface area contributed by atoms with Crippen molar-refractivity contribution in [3.63, 3.8) is 0 Å². The molecule has 0 aliphatic carbocycles. The number of likely N-dealkylation sites (tertiary alicyclic amines) is 1. The molecule has 2 fully saturated rings. The van der Waals surface area contributed by atoms with Crippen molar-refractivity contribution in [1.82, 2.24) is 9.21 Å². The lowest BCUT2D eigenvalue weighted by atomic mass is 9.78. The van der Waals surface area contributed by atoms with Gasteiger partial charge in [-0.15, -0.1) is 0 Å². The number of piperidine rings is 1. The lowest BCUT2D eigenvalue weighted by Crippen LogP contribution is -2.50. The van der Waals surface area contributed by atoms with E-state index < -0.39 is 27.1 Å². The second-order valence-corrected chi connectivity index (χ2v) is 9.35. The molecule has 2 heterocycles. The van der Waals surface area contributed by atoms with Crippen LogP contribution in [0.3, 0.4) is 0 Å². The van der Waals surface area contributed by atoms with Gasteiger partial charge in [0.15, 0.2) is 11.6 Å². The first-order chi connectivity index (χ1) is 12.3. The third-order valence-electron chi connectivity index (χ3n) is 5.36. The third kappa shape index (κ3) is 3.62. The zero-order chi connectivity index (χ0) is 18.9. The van der Waals surface area contributed by atoms with E-state index >= 15 is 0 Å². The number of nitrogens with zero attached hydrogens (tertiary/aromatic N) is 2. The van der Waals surface area contributed by atoms with Crippen LogP contribution in [0, 0.1) is 17.0 Å². The average Bonchev–Trinajstić information content (AvgIpc) is 3.01. The number of sulfonamides is 1. The molecule has 2 saturated heterocycles. The van der Waals surface area contributed by atoms with Crippen molar-refractivity contribution in [1.29, 1.82) is 0 Å². The first kappa shape index (κ1) is 19.2. The summed E-state index contributed by atoms with van der Waals surface area (Å²) in [6.07, 6.45) is 2.50. The molecule has 0 N–H and O–H groups in total. The molecule has 1 spiro atoms. The molecular weight excluding hydrogens is 362 g/mol. The molecule has 3 rings (SSSR count). The summed E-state index contributed by atoms with van der Waals surface area (Å²) in [4.78, 5) is 14.7. The van der Waals surface area contributed by atoms with Gasteiger partial charge in [-0.3, -0.25) is 4.79 Å². The number of amides is 1. The van der Waals surface area contributed by atoms with Crippen molar-refractivity contribution in [3.8, 4) is 0 Å². The van der Waals surface area contributed by atoms with Crippen LogP contribution in [-0.4, -0.2) is 48.9 Å². The van der Waals surface area contributed by atoms with Gasteiger partial charge in [0.25, 0.3) is 0 Å². The van der Waals surface area contributed by atoms with Crippen molar-refractivity contribution < 1.29 is 22.0 Å². The number of rotatable bonds is 5. The highest BCUT2D eigenvalue weighted by Gasteiger charge is 2.50. The number of hydrogen-bond donors (Lipinski definition) is 0. The number of benzene rings is 1. The fourth-order valence-electron chi connectivity index (χ4n) is 4.00. The van der Waals surface area contributed by atoms with Crippen LogP contribution in [0.15, 0.2) is 18.2 Å². The van der Waals surface area contributed by atoms with Crippen LogP contribution >= 0.6 is 0 Å². The molecule has 8 heteroatoms. The highest BCUT2D eigenvalue weighted by Crippen LogP contribution is 2.41. The van der Waals surface area contributed by atoms with E-state index in [2.05, 4.69) is 0 Å². The maximum Gasteiger partial charge on any atom is 0.230 e. The smallest absolute Gasteiger partial charge is 0.230 e. The molecule has 2 aliphatic heterocycles. The van der Waals surface area contributed by atoms with Gasteiger partial charge in [0.2, 0.25) is 15.9 Å². The highest BCUT2D eigenvalue weighted by molar-refractivity contribution is 7.89. The summed E-state index contributed by atoms with van der Waals surface area (Å²) in [6, 6.07) is 3.64. The quantitative estimate of drug-likeness (QED) is 0.781. The van der Waals surface area contributed by atoms with E-state index in [9.17, 15) is 22.0 Å². The van der Waals surface area contributed by atoms with Crippen LogP contribution in [0.5, 0.6) is 0 Å². The van der Waals surface area contributed by atoms with Gasteiger partial charge >= 0.3 is 0 Å². The maximum absolute atomic E-state index is 13.4. The van der Waals surface area contributed by atoms with E-state index in [4.69, 9.17) is 0 Å². The first-order valence-electron chi connectivity index (χ1n) is 8.98. The average molecular weight is 386 g/mol. The maximum atomic E-state index is 13.4. The summed E-state index contributed by atoms with van der Waals surface area (Å²) in [6.45, 7) is 3.16. The van der Waals surface area contributed by atoms with Crippen molar-refractivity contribution in [2.75, 3.05) is 25.4 Å².